The summed E-state index contributed by atoms with van der Waals surface area (Å²) in [5.74, 6) is 3.84. The number of hydrogen-bond acceptors (Lipinski definition) is 9. The van der Waals surface area contributed by atoms with Gasteiger partial charge in [0.15, 0.2) is 40.6 Å². The lowest BCUT2D eigenvalue weighted by Crippen LogP contribution is -2.41. The molecule has 0 unspecified atom stereocenters. The molecule has 0 bridgehead atoms. The molecule has 1 fully saturated rings. The zero-order chi connectivity index (χ0) is 76.3. The van der Waals surface area contributed by atoms with E-state index < -0.39 is 7.12 Å². The highest BCUT2D eigenvalue weighted by atomic mass is 79.9. The summed E-state index contributed by atoms with van der Waals surface area (Å²) in [6.07, 6.45) is 0. The number of hydrogen-bond donors (Lipinski definition) is 0. The van der Waals surface area contributed by atoms with Crippen molar-refractivity contribution in [1.82, 2.24) is 39.0 Å². The van der Waals surface area contributed by atoms with Crippen molar-refractivity contribution in [2.75, 3.05) is 0 Å². The Morgan fingerprint density at radius 2 is 0.589 bits per heavy atom. The molecule has 14 aromatic carbocycles. The summed E-state index contributed by atoms with van der Waals surface area (Å²) in [4.78, 5) is 32.5. The van der Waals surface area contributed by atoms with Crippen LogP contribution in [0.1, 0.15) is 33.3 Å². The maximum atomic E-state index is 9.31. The maximum absolute atomic E-state index is 9.31. The van der Waals surface area contributed by atoms with E-state index in [1.807, 2.05) is 206 Å². The van der Waals surface area contributed by atoms with E-state index in [9.17, 15) is 5.26 Å². The monoisotopic (exact) mass is 1510 g/mol. The molecule has 14 heteroatoms. The van der Waals surface area contributed by atoms with E-state index in [1.165, 1.54) is 32.6 Å². The number of aromatic nitrogens is 8. The average molecular weight is 1510 g/mol. The van der Waals surface area contributed by atoms with Crippen LogP contribution in [0.5, 0.6) is 0 Å². The van der Waals surface area contributed by atoms with Crippen LogP contribution in [0.3, 0.4) is 0 Å². The van der Waals surface area contributed by atoms with Crippen LogP contribution in [-0.4, -0.2) is 57.4 Å². The second kappa shape index (κ2) is 30.7. The Morgan fingerprint density at radius 1 is 0.321 bits per heavy atom. The van der Waals surface area contributed by atoms with Crippen LogP contribution < -0.4 is 5.46 Å². The summed E-state index contributed by atoms with van der Waals surface area (Å²) in [5.41, 5.74) is 20.7. The fraction of sp³-hybridized carbons (Fsp3) is 0.0612. The maximum Gasteiger partial charge on any atom is 0.494 e. The van der Waals surface area contributed by atoms with Crippen LogP contribution in [0.15, 0.2) is 356 Å². The van der Waals surface area contributed by atoms with Crippen LogP contribution in [0.4, 0.5) is 5.69 Å². The summed E-state index contributed by atoms with van der Waals surface area (Å²) in [5, 5.41) is 14.1. The first-order valence-corrected chi connectivity index (χ1v) is 37.8. The van der Waals surface area contributed by atoms with Crippen LogP contribution >= 0.6 is 15.9 Å². The summed E-state index contributed by atoms with van der Waals surface area (Å²) < 4.78 is 18.1. The van der Waals surface area contributed by atoms with Gasteiger partial charge in [-0.05, 0) is 158 Å². The number of nitrogens with zero attached hydrogens (tertiary/aromatic N) is 10. The second-order valence-electron chi connectivity index (χ2n) is 28.4. The Balaban J connectivity index is 0.000000129. The van der Waals surface area contributed by atoms with E-state index in [-0.39, 0.29) is 11.2 Å². The Kier molecular flexibility index (Phi) is 19.5. The van der Waals surface area contributed by atoms with Gasteiger partial charge >= 0.3 is 7.12 Å². The molecule has 0 aliphatic carbocycles. The Morgan fingerprint density at radius 3 is 0.920 bits per heavy atom. The van der Waals surface area contributed by atoms with E-state index in [0.29, 0.717) is 46.2 Å². The molecule has 112 heavy (non-hydrogen) atoms. The van der Waals surface area contributed by atoms with E-state index >= 15 is 0 Å². The van der Waals surface area contributed by atoms with Gasteiger partial charge in [0.05, 0.1) is 51.5 Å². The van der Waals surface area contributed by atoms with Crippen molar-refractivity contribution in [1.29, 1.82) is 5.26 Å². The zero-order valence-electron chi connectivity index (χ0n) is 61.7. The summed E-state index contributed by atoms with van der Waals surface area (Å²) in [7, 11) is -0.401. The van der Waals surface area contributed by atoms with Gasteiger partial charge in [-0.15, -0.1) is 0 Å². The van der Waals surface area contributed by atoms with Crippen molar-refractivity contribution in [2.24, 2.45) is 0 Å². The first kappa shape index (κ1) is 71.1. The molecular formula is C98H70BBrN10O2. The quantitative estimate of drug-likeness (QED) is 0.0866. The van der Waals surface area contributed by atoms with Gasteiger partial charge in [-0.1, -0.05) is 277 Å². The molecule has 534 valence electrons. The van der Waals surface area contributed by atoms with Gasteiger partial charge in [0.25, 0.3) is 0 Å². The van der Waals surface area contributed by atoms with Gasteiger partial charge in [0, 0.05) is 70.8 Å². The fourth-order valence-electron chi connectivity index (χ4n) is 14.2. The van der Waals surface area contributed by atoms with Gasteiger partial charge in [-0.3, -0.25) is 0 Å². The van der Waals surface area contributed by atoms with Crippen LogP contribution in [0, 0.1) is 17.9 Å². The van der Waals surface area contributed by atoms with E-state index in [1.54, 1.807) is 0 Å². The number of rotatable bonds is 12. The Bertz CT molecular complexity index is 6420. The summed E-state index contributed by atoms with van der Waals surface area (Å²) in [6, 6.07) is 122. The van der Waals surface area contributed by atoms with Crippen molar-refractivity contribution in [2.45, 2.75) is 38.9 Å². The highest BCUT2D eigenvalue weighted by molar-refractivity contribution is 9.10. The summed E-state index contributed by atoms with van der Waals surface area (Å²) >= 11 is 3.63. The second-order valence-corrected chi connectivity index (χ2v) is 29.3. The molecule has 0 atom stereocenters. The minimum Gasteiger partial charge on any atom is -0.399 e. The first-order valence-electron chi connectivity index (χ1n) is 37.0. The molecule has 1 aliphatic heterocycles. The molecule has 5 heterocycles. The van der Waals surface area contributed by atoms with Gasteiger partial charge in [0.2, 0.25) is 0 Å². The van der Waals surface area contributed by atoms with E-state index in [4.69, 9.17) is 45.8 Å². The van der Waals surface area contributed by atoms with Gasteiger partial charge in [-0.25, -0.2) is 34.7 Å². The highest BCUT2D eigenvalue weighted by Crippen LogP contribution is 2.41. The van der Waals surface area contributed by atoms with Crippen LogP contribution in [0.25, 0.3) is 162 Å². The summed E-state index contributed by atoms with van der Waals surface area (Å²) in [6.45, 7) is 15.4. The third-order valence-electron chi connectivity index (χ3n) is 20.8. The molecule has 1 saturated heterocycles. The third kappa shape index (κ3) is 14.5. The van der Waals surface area contributed by atoms with Crippen molar-refractivity contribution in [3.05, 3.63) is 373 Å². The molecule has 0 N–H and O–H groups in total. The van der Waals surface area contributed by atoms with Crippen molar-refractivity contribution in [3.8, 4) is 119 Å². The molecule has 0 saturated carbocycles. The SMILES string of the molecule is CC1(C)OB(c2ccc(-c3nc(-c4ccccc4)nc(-c4ccccc4)n3)cc2)OC1(C)C.N#Cc1ccc(-c2ccc3c(c2)c2cc(-c4ccc(-c5nc(-c6ccccc6)nc(-c6ccccc6)n5)cc4)ccc2n3-c2ccccc2)cc1.[C-]#[N+]c1ccc(-c2ccc3c(c2)c2cc(Br)ccc2n3-c2ccccc2)cc1. The topological polar surface area (TPSA) is 134 Å². The highest BCUT2D eigenvalue weighted by Gasteiger charge is 2.51. The zero-order valence-corrected chi connectivity index (χ0v) is 63.3. The number of para-hydroxylation sites is 2. The van der Waals surface area contributed by atoms with Crippen molar-refractivity contribution < 1.29 is 9.31 Å². The van der Waals surface area contributed by atoms with E-state index in [0.717, 1.165) is 99.1 Å². The molecule has 1 aliphatic rings. The average Bonchev–Trinajstić information content (AvgIpc) is 1.59. The predicted octanol–water partition coefficient (Wildman–Crippen LogP) is 24.1. The lowest BCUT2D eigenvalue weighted by molar-refractivity contribution is 0.00578. The minimum absolute atomic E-state index is 0.375. The molecule has 0 amide bonds. The first-order chi connectivity index (χ1) is 54.8. The number of nitriles is 1. The Labute approximate surface area is 658 Å². The third-order valence-corrected chi connectivity index (χ3v) is 21.3. The minimum atomic E-state index is -0.401. The predicted molar refractivity (Wildman–Crippen MR) is 458 cm³/mol. The smallest absolute Gasteiger partial charge is 0.399 e. The molecule has 0 spiro atoms. The molecule has 0 radical (unpaired) electrons. The van der Waals surface area contributed by atoms with Gasteiger partial charge in [0.1, 0.15) is 0 Å². The van der Waals surface area contributed by atoms with Gasteiger partial charge < -0.3 is 18.4 Å². The number of fused-ring (bicyclic) bond motifs is 6. The Hall–Kier alpha value is -13.9. The number of halogens is 1. The van der Waals surface area contributed by atoms with Crippen LogP contribution in [-0.2, 0) is 9.31 Å². The molecular weight excluding hydrogens is 1440 g/mol. The number of benzene rings is 14. The van der Waals surface area contributed by atoms with Crippen LogP contribution in [0.2, 0.25) is 0 Å². The standard InChI is InChI=1S/C46H29N5.C27H26BN3O2.C25H15BrN2/c47-30-31-16-18-32(19-17-31)37-24-26-42-40(28-37)41-29-38(25-27-43(41)51(42)39-14-8-3-9-15-39)33-20-22-36(23-21-33)46-49-44(34-10-4-1-5-11-34)48-45(50-46)35-12-6-2-7-13-35;1-26(2)27(3,4)33-28(32-26)22-17-15-21(16-18-22)25-30-23(19-11-7-5-8-12-19)29-24(31-25)20-13-9-6-10-14-20;1-27-20-11-7-17(8-12-20)18-9-13-24-22(15-18)23-16-19(26)10-14-25(23)28(24)21-5-3-2-4-6-21/h1-29H;5-18H,1-4H3;2-16H. The molecule has 12 nitrogen and oxygen atoms in total. The van der Waals surface area contributed by atoms with E-state index in [2.05, 4.69) is 209 Å². The fourth-order valence-corrected chi connectivity index (χ4v) is 14.6. The molecule has 4 aromatic heterocycles. The van der Waals surface area contributed by atoms with Crippen molar-refractivity contribution >= 4 is 77.8 Å². The largest absolute Gasteiger partial charge is 0.494 e. The van der Waals surface area contributed by atoms with Crippen molar-refractivity contribution in [3.63, 3.8) is 0 Å². The molecule has 18 aromatic rings. The van der Waals surface area contributed by atoms with Gasteiger partial charge in [-0.2, -0.15) is 5.26 Å². The normalized spacial score (nSPS) is 12.7. The lowest BCUT2D eigenvalue weighted by Gasteiger charge is -2.32. The molecule has 19 rings (SSSR count). The lowest BCUT2D eigenvalue weighted by atomic mass is 9.79.